The lowest BCUT2D eigenvalue weighted by Gasteiger charge is -2.37. The van der Waals surface area contributed by atoms with E-state index in [4.69, 9.17) is 11.3 Å². The van der Waals surface area contributed by atoms with Gasteiger partial charge in [-0.2, -0.15) is 0 Å². The number of ketones is 1. The van der Waals surface area contributed by atoms with Crippen LogP contribution in [0.1, 0.15) is 69.9 Å². The summed E-state index contributed by atoms with van der Waals surface area (Å²) in [4.78, 5) is 28.3. The number of nitrogens with zero attached hydrogens (tertiary/aromatic N) is 2. The Morgan fingerprint density at radius 1 is 1.16 bits per heavy atom. The predicted molar refractivity (Wildman–Crippen MR) is 143 cm³/mol. The Morgan fingerprint density at radius 3 is 2.30 bits per heavy atom. The summed E-state index contributed by atoms with van der Waals surface area (Å²) in [7, 11) is -0.603. The first-order valence-electron chi connectivity index (χ1n) is 13.2. The van der Waals surface area contributed by atoms with Gasteiger partial charge in [-0.1, -0.05) is 51.0 Å². The molecule has 3 atom stereocenters. The van der Waals surface area contributed by atoms with E-state index >= 15 is 0 Å². The summed E-state index contributed by atoms with van der Waals surface area (Å²) in [6.45, 7) is 4.03. The van der Waals surface area contributed by atoms with Crippen molar-refractivity contribution < 1.29 is 18.0 Å². The number of nitrogens with one attached hydrogen (secondary N) is 2. The molecule has 3 aliphatic rings. The highest BCUT2D eigenvalue weighted by atomic mass is 32.2. The van der Waals surface area contributed by atoms with E-state index in [0.29, 0.717) is 18.4 Å². The maximum atomic E-state index is 13.6. The van der Waals surface area contributed by atoms with Gasteiger partial charge in [0.15, 0.2) is 0 Å². The summed E-state index contributed by atoms with van der Waals surface area (Å²) < 4.78 is 29.9. The molecule has 3 fully saturated rings. The fourth-order valence-electron chi connectivity index (χ4n) is 6.83. The first-order valence-corrected chi connectivity index (χ1v) is 14.9. The van der Waals surface area contributed by atoms with Crippen molar-refractivity contribution in [2.24, 2.45) is 22.6 Å². The monoisotopic (exact) mass is 531 g/mol. The Balaban J connectivity index is 1.57. The number of carbonyl (C=O) groups excluding carboxylic acids is 2. The average molecular weight is 532 g/mol. The quantitative estimate of drug-likeness (QED) is 0.194. The van der Waals surface area contributed by atoms with Crippen LogP contribution in [0.25, 0.3) is 0 Å². The van der Waals surface area contributed by atoms with Gasteiger partial charge in [-0.25, -0.2) is 19.0 Å². The van der Waals surface area contributed by atoms with Gasteiger partial charge in [-0.3, -0.25) is 20.0 Å². The minimum Gasteiger partial charge on any atom is -0.341 e. The van der Waals surface area contributed by atoms with Crippen molar-refractivity contribution in [1.29, 1.82) is 5.41 Å². The number of carbonyl (C=O) groups is 2. The smallest absolute Gasteiger partial charge is 0.241 e. The van der Waals surface area contributed by atoms with Crippen molar-refractivity contribution in [2.45, 2.75) is 77.3 Å². The number of benzene rings is 1. The molecule has 1 amide bonds. The number of amides is 1. The lowest BCUT2D eigenvalue weighted by atomic mass is 9.70. The molecule has 1 unspecified atom stereocenters. The van der Waals surface area contributed by atoms with E-state index in [9.17, 15) is 18.0 Å². The van der Waals surface area contributed by atoms with Crippen LogP contribution in [0.15, 0.2) is 24.3 Å². The number of hydrazine groups is 1. The van der Waals surface area contributed by atoms with E-state index in [0.717, 1.165) is 37.7 Å². The van der Waals surface area contributed by atoms with Crippen LogP contribution in [0.5, 0.6) is 0 Å². The number of Topliss-reactive ketones (excluding diaryl/α,β-unsaturated/α-hetero) is 1. The molecule has 1 aromatic carbocycles. The van der Waals surface area contributed by atoms with Gasteiger partial charge >= 0.3 is 0 Å². The Hall–Kier alpha value is -2.30. The van der Waals surface area contributed by atoms with Crippen LogP contribution in [-0.2, 0) is 26.0 Å². The van der Waals surface area contributed by atoms with Crippen LogP contribution in [0.3, 0.4) is 0 Å². The molecule has 0 spiro atoms. The van der Waals surface area contributed by atoms with Crippen molar-refractivity contribution in [1.82, 2.24) is 14.6 Å². The number of nitrogens with two attached hydrogens (primary N) is 1. The van der Waals surface area contributed by atoms with Crippen molar-refractivity contribution in [2.75, 3.05) is 19.8 Å². The van der Waals surface area contributed by atoms with Crippen LogP contribution in [0, 0.1) is 22.2 Å². The molecule has 0 aliphatic heterocycles. The minimum atomic E-state index is -3.94. The summed E-state index contributed by atoms with van der Waals surface area (Å²) in [5.74, 6) is 5.53. The standard InChI is InChI=1S/C27H41N5O4S/c1-26(2)20-13-14-27(26,23(33)16-20)17-37(35,36)30-22(25(34)31(3)21-7-5-6-8-21)15-18-9-11-19(12-10-18)24(28)32(4)29/h9-12,20-22,28,30H,5-8,13-17,29H2,1-4H3/t20?,22-,27+/m0/s1. The minimum absolute atomic E-state index is 0.0352. The average Bonchev–Trinajstić information content (AvgIpc) is 3.50. The first kappa shape index (κ1) is 27.7. The summed E-state index contributed by atoms with van der Waals surface area (Å²) in [6, 6.07) is 6.20. The normalized spacial score (nSPS) is 25.9. The summed E-state index contributed by atoms with van der Waals surface area (Å²) >= 11 is 0. The van der Waals surface area contributed by atoms with Gasteiger partial charge in [0, 0.05) is 37.5 Å². The number of fused-ring (bicyclic) bond motifs is 2. The van der Waals surface area contributed by atoms with E-state index in [1.807, 2.05) is 13.8 Å². The van der Waals surface area contributed by atoms with Crippen LogP contribution >= 0.6 is 0 Å². The molecule has 3 aliphatic carbocycles. The number of hydrogen-bond acceptors (Lipinski definition) is 6. The second-order valence-corrected chi connectivity index (χ2v) is 13.6. The van der Waals surface area contributed by atoms with Gasteiger partial charge in [0.2, 0.25) is 15.9 Å². The Kier molecular flexibility index (Phi) is 7.58. The number of rotatable bonds is 9. The molecule has 0 aromatic heterocycles. The van der Waals surface area contributed by atoms with Crippen LogP contribution in [0.4, 0.5) is 0 Å². The third-order valence-corrected chi connectivity index (χ3v) is 11.0. The SMILES string of the molecule is CN(N)C(=N)c1ccc(C[C@H](NS(=O)(=O)C[C@]23CCC(CC2=O)C3(C)C)C(=O)N(C)C2CCCC2)cc1. The third-order valence-electron chi connectivity index (χ3n) is 9.44. The molecular formula is C27H41N5O4S. The number of hydrogen-bond donors (Lipinski definition) is 3. The molecule has 4 rings (SSSR count). The van der Waals surface area contributed by atoms with Gasteiger partial charge in [0.05, 0.1) is 5.75 Å². The van der Waals surface area contributed by atoms with E-state index in [-0.39, 0.29) is 47.1 Å². The Morgan fingerprint density at radius 2 is 1.78 bits per heavy atom. The van der Waals surface area contributed by atoms with E-state index in [1.165, 1.54) is 5.01 Å². The first-order chi connectivity index (χ1) is 17.3. The fourth-order valence-corrected chi connectivity index (χ4v) is 8.85. The highest BCUT2D eigenvalue weighted by Gasteiger charge is 2.65. The third kappa shape index (κ3) is 5.20. The molecule has 1 aromatic rings. The zero-order chi connectivity index (χ0) is 27.2. The van der Waals surface area contributed by atoms with Crippen molar-refractivity contribution in [3.8, 4) is 0 Å². The van der Waals surface area contributed by atoms with Crippen LogP contribution < -0.4 is 10.6 Å². The number of sulfonamides is 1. The maximum absolute atomic E-state index is 13.6. The number of likely N-dealkylation sites (N-methyl/N-ethyl adjacent to an activating group) is 1. The van der Waals surface area contributed by atoms with E-state index in [2.05, 4.69) is 4.72 Å². The van der Waals surface area contributed by atoms with Gasteiger partial charge in [0.25, 0.3) is 0 Å². The molecule has 2 bridgehead atoms. The highest BCUT2D eigenvalue weighted by Crippen LogP contribution is 2.64. The van der Waals surface area contributed by atoms with Crippen LogP contribution in [-0.4, -0.2) is 67.8 Å². The fraction of sp³-hybridized carbons (Fsp3) is 0.667. The zero-order valence-electron chi connectivity index (χ0n) is 22.4. The summed E-state index contributed by atoms with van der Waals surface area (Å²) in [5.41, 5.74) is 0.116. The summed E-state index contributed by atoms with van der Waals surface area (Å²) in [5, 5.41) is 9.26. The Bertz CT molecular complexity index is 1160. The molecule has 3 saturated carbocycles. The summed E-state index contributed by atoms with van der Waals surface area (Å²) in [6.07, 6.45) is 6.00. The molecule has 0 heterocycles. The molecule has 4 N–H and O–H groups in total. The Labute approximate surface area is 220 Å². The molecule has 0 saturated heterocycles. The van der Waals surface area contributed by atoms with Crippen molar-refractivity contribution in [3.05, 3.63) is 35.4 Å². The van der Waals surface area contributed by atoms with Crippen molar-refractivity contribution >= 4 is 27.5 Å². The van der Waals surface area contributed by atoms with Gasteiger partial charge in [-0.05, 0) is 49.0 Å². The topological polar surface area (TPSA) is 137 Å². The second kappa shape index (κ2) is 10.1. The molecule has 9 nitrogen and oxygen atoms in total. The lowest BCUT2D eigenvalue weighted by Crippen LogP contribution is -2.53. The van der Waals surface area contributed by atoms with Gasteiger partial charge in [-0.15, -0.1) is 0 Å². The van der Waals surface area contributed by atoms with Crippen molar-refractivity contribution in [3.63, 3.8) is 0 Å². The van der Waals surface area contributed by atoms with Gasteiger partial charge < -0.3 is 4.90 Å². The second-order valence-electron chi connectivity index (χ2n) is 11.8. The van der Waals surface area contributed by atoms with E-state index < -0.39 is 21.5 Å². The van der Waals surface area contributed by atoms with Gasteiger partial charge in [0.1, 0.15) is 17.7 Å². The number of amidine groups is 1. The van der Waals surface area contributed by atoms with E-state index in [1.54, 1.807) is 43.3 Å². The largest absolute Gasteiger partial charge is 0.341 e. The van der Waals surface area contributed by atoms with Crippen LogP contribution in [0.2, 0.25) is 0 Å². The predicted octanol–water partition coefficient (Wildman–Crippen LogP) is 2.44. The lowest BCUT2D eigenvalue weighted by molar-refractivity contribution is -0.133. The highest BCUT2D eigenvalue weighted by molar-refractivity contribution is 7.89. The maximum Gasteiger partial charge on any atom is 0.241 e. The molecule has 0 radical (unpaired) electrons. The molecule has 37 heavy (non-hydrogen) atoms. The molecular weight excluding hydrogens is 490 g/mol. The molecule has 204 valence electrons. The zero-order valence-corrected chi connectivity index (χ0v) is 23.2. The molecule has 10 heteroatoms.